The molecule has 0 spiro atoms. The number of ketones is 2. The number of methoxy groups -OCH3 is 1. The van der Waals surface area contributed by atoms with Crippen molar-refractivity contribution in [3.63, 3.8) is 0 Å². The van der Waals surface area contributed by atoms with E-state index in [9.17, 15) is 19.2 Å². The number of Topliss-reactive ketones (excluding diaryl/α,β-unsaturated/α-hetero) is 2. The maximum atomic E-state index is 10.5. The van der Waals surface area contributed by atoms with Gasteiger partial charge in [-0.15, -0.1) is 31.3 Å². The normalized spacial score (nSPS) is 10.2. The number of ether oxygens (including phenoxy) is 1. The molecule has 13 N–H and O–H groups in total. The maximum Gasteiger partial charge on any atom is 0.216 e. The fourth-order valence-corrected chi connectivity index (χ4v) is 9.75. The molecule has 0 aliphatic carbocycles. The van der Waals surface area contributed by atoms with E-state index < -0.39 is 0 Å². The molecule has 1 amide bonds. The van der Waals surface area contributed by atoms with Crippen LogP contribution in [-0.2, 0) is 23.9 Å². The second-order valence-electron chi connectivity index (χ2n) is 48.1. The van der Waals surface area contributed by atoms with Gasteiger partial charge in [0.25, 0.3) is 0 Å². The minimum atomic E-state index is 0. The zero-order valence-corrected chi connectivity index (χ0v) is 108. The zero-order valence-electron chi connectivity index (χ0n) is 108. The summed E-state index contributed by atoms with van der Waals surface area (Å²) in [5.74, 6) is 19.3. The van der Waals surface area contributed by atoms with Gasteiger partial charge in [0, 0.05) is 78.5 Å². The van der Waals surface area contributed by atoms with Gasteiger partial charge in [-0.05, 0) is 288 Å². The average Bonchev–Trinajstić information content (AvgIpc) is 0.975. The number of nitrogens with zero attached hydrogens (tertiary/aromatic N) is 1. The highest BCUT2D eigenvalue weighted by Gasteiger charge is 2.13. The molecule has 0 bridgehead atoms. The number of nitrogens with two attached hydrogens (primary N) is 3. The fourth-order valence-electron chi connectivity index (χ4n) is 9.75. The number of rotatable bonds is 50. The van der Waals surface area contributed by atoms with Gasteiger partial charge in [0.05, 0.1) is 6.61 Å². The van der Waals surface area contributed by atoms with Crippen molar-refractivity contribution in [1.29, 1.82) is 0 Å². The summed E-state index contributed by atoms with van der Waals surface area (Å²) in [6.45, 7) is 125. The van der Waals surface area contributed by atoms with Crippen molar-refractivity contribution >= 4 is 23.8 Å². The molecule has 0 aliphatic rings. The summed E-state index contributed by atoms with van der Waals surface area (Å²) in [5.41, 5.74) is 16.0. The Bertz CT molecular complexity index is 2070. The Labute approximate surface area is 924 Å². The molecule has 0 unspecified atom stereocenters. The Morgan fingerprint density at radius 3 is 0.841 bits per heavy atom. The number of aliphatic hydroxyl groups is 2. The number of carbonyl (C=O) groups excluding carboxylic acids is 4. The van der Waals surface area contributed by atoms with Crippen LogP contribution in [0.4, 0.5) is 0 Å². The van der Waals surface area contributed by atoms with Gasteiger partial charge in [-0.3, -0.25) is 4.79 Å². The van der Waals surface area contributed by atoms with Crippen LogP contribution in [0.2, 0.25) is 0 Å². The van der Waals surface area contributed by atoms with Gasteiger partial charge in [0.1, 0.15) is 17.9 Å². The van der Waals surface area contributed by atoms with Crippen molar-refractivity contribution in [2.45, 2.75) is 548 Å². The van der Waals surface area contributed by atoms with Crippen LogP contribution in [0.3, 0.4) is 0 Å². The number of unbranched alkanes of at least 4 members (excludes halogenated alkanes) is 3. The molecule has 16 nitrogen and oxygen atoms in total. The predicted octanol–water partition coefficient (Wildman–Crippen LogP) is 35.2. The van der Waals surface area contributed by atoms with E-state index >= 15 is 0 Å². The Morgan fingerprint density at radius 1 is 0.400 bits per heavy atom. The molecule has 0 aromatic carbocycles. The Morgan fingerprint density at radius 2 is 0.717 bits per heavy atom. The van der Waals surface area contributed by atoms with E-state index in [-0.39, 0.29) is 50.6 Å². The first-order chi connectivity index (χ1) is 65.3. The number of carbonyl (C=O) groups is 4. The van der Waals surface area contributed by atoms with Crippen LogP contribution < -0.4 is 43.8 Å². The summed E-state index contributed by atoms with van der Waals surface area (Å²) in [6.07, 6.45) is 43.2. The molecule has 16 heteroatoms. The van der Waals surface area contributed by atoms with Gasteiger partial charge in [0.15, 0.2) is 0 Å². The summed E-state index contributed by atoms with van der Waals surface area (Å²) in [4.78, 5) is 43.1. The van der Waals surface area contributed by atoms with Gasteiger partial charge < -0.3 is 78.0 Å². The molecule has 898 valence electrons. The highest BCUT2D eigenvalue weighted by molar-refractivity contribution is 5.76. The molecular formula is C129H295N9O7. The van der Waals surface area contributed by atoms with Crippen LogP contribution in [0, 0.1) is 142 Å². The second-order valence-corrected chi connectivity index (χ2v) is 48.1. The molecule has 0 heterocycles. The monoisotopic (exact) mass is 2080 g/mol. The molecule has 0 fully saturated rings. The topological polar surface area (TPSA) is 259 Å². The first kappa shape index (κ1) is 199. The van der Waals surface area contributed by atoms with E-state index in [4.69, 9.17) is 45.0 Å². The highest BCUT2D eigenvalue weighted by atomic mass is 16.5. The van der Waals surface area contributed by atoms with Crippen molar-refractivity contribution in [2.75, 3.05) is 120 Å². The lowest BCUT2D eigenvalue weighted by atomic mass is 9.90. The van der Waals surface area contributed by atoms with Crippen molar-refractivity contribution < 1.29 is 34.1 Å². The minimum Gasteiger partial charge on any atom is -0.396 e. The Hall–Kier alpha value is -3.10. The predicted molar refractivity (Wildman–Crippen MR) is 677 cm³/mol. The van der Waals surface area contributed by atoms with Crippen LogP contribution in [0.25, 0.3) is 0 Å². The van der Waals surface area contributed by atoms with Gasteiger partial charge >= 0.3 is 0 Å². The fraction of sp³-hybridized carbons (Fsp3) is 0.922. The number of terminal acetylenes is 2. The SMILES string of the molecule is C.C.C.C#CCC(C)C.C#CCC(C)C.C=CCC(C)C.CC(=O)CC(C)(C)C.CC(=O)CC(C)(C)C.CC(=O)NCCC(C)C.CC(C)CC=O.CC(C)CCN.CC(C)CCN.CC(C)CCN.CC(C)CCN(C)C.CC(C)CCNC(C)C.CC(C)CCO.CC(C)C[C@H](C)CO.CCCC(C)C.CCCCC(C)C.CCCCC(C)C.CCCCNCCOC.CCNCCC(C)C.CNCCC(C)C. The van der Waals surface area contributed by atoms with E-state index in [1.54, 1.807) is 27.9 Å². The number of nitrogens with one attached hydrogen (secondary N) is 5. The molecule has 0 rings (SSSR count). The maximum absolute atomic E-state index is 10.5. The first-order valence-corrected chi connectivity index (χ1v) is 57.7. The van der Waals surface area contributed by atoms with Crippen molar-refractivity contribution in [3.05, 3.63) is 12.7 Å². The number of hydrogen-bond acceptors (Lipinski definition) is 15. The number of amides is 1. The first-order valence-electron chi connectivity index (χ1n) is 57.7. The molecule has 0 saturated carbocycles. The third-order valence-electron chi connectivity index (χ3n) is 17.9. The molecule has 0 saturated heterocycles. The van der Waals surface area contributed by atoms with E-state index in [2.05, 4.69) is 382 Å². The van der Waals surface area contributed by atoms with Crippen molar-refractivity contribution in [1.82, 2.24) is 31.5 Å². The Balaban J connectivity index is -0.0000000515. The standard InChI is InChI=1S/C8H19N.C7H15NO.C7H17NO.2C7H17N.2C7H14O.C7H16O.2C7H16.C6H15N.C6H14.C6H12.2C6H10.3C5H13N.C5H12O.C5H10O.3CH4/c1-7(2)5-6-9-8(3)4;1-6(2)4-5-8-7(3)9;1-3-4-5-8-6-7-9-2;1-7(2)5-6-8(3)4;1-4-8-6-5-7(2)3;2*1-6(8)5-7(2,3)4;1-6(2)4-7(3)5-8;2*1-4-5-6-7(2)3;1-6(2)4-5-7-3;4*1-4-5-6(2)3;5*1-5(2)3-4-6;;;/h7-9H,5-6H2,1-4H3;6H,4-5H2,1-3H3,(H,8,9);8H,3-7H2,1-2H3;7H,5-6H2,1-4H3;7-8H,4-6H2,1-3H3;2*5H2,1-4H3;6-8H,4-5H2,1-3H3;2*7H,4-6H2,1-3H3;6-7H,4-5H2,1-3H3;6H,4-5H2,1-3H3;4,6H,1,5H2,2-3H3;2*1,6H,5H2,2-3H3;3*5H,3-4,6H2,1-2H3;5-6H,3-4H2,1-2H3;4-5H,3H2,1-2H3;3*1H4/t;;;;;;;7-;;;;;;;;;;;;;;;/m.......0.............../s1. The lowest BCUT2D eigenvalue weighted by Crippen LogP contribution is -2.24. The summed E-state index contributed by atoms with van der Waals surface area (Å²) in [7, 11) is 7.94. The van der Waals surface area contributed by atoms with Crippen molar-refractivity contribution in [2.24, 2.45) is 135 Å². The van der Waals surface area contributed by atoms with Crippen LogP contribution in [0.1, 0.15) is 542 Å². The van der Waals surface area contributed by atoms with Crippen LogP contribution in [0.15, 0.2) is 12.7 Å². The molecular weight excluding hydrogens is 1790 g/mol. The summed E-state index contributed by atoms with van der Waals surface area (Å²) in [6, 6.07) is 0.642. The molecule has 0 aromatic heterocycles. The smallest absolute Gasteiger partial charge is 0.216 e. The molecule has 0 radical (unpaired) electrons. The van der Waals surface area contributed by atoms with Gasteiger partial charge in [-0.1, -0.05) is 418 Å². The second kappa shape index (κ2) is 169. The van der Waals surface area contributed by atoms with Crippen LogP contribution >= 0.6 is 0 Å². The Kier molecular flexibility index (Phi) is 232. The van der Waals surface area contributed by atoms with E-state index in [1.807, 2.05) is 27.0 Å². The van der Waals surface area contributed by atoms with Crippen molar-refractivity contribution in [3.8, 4) is 24.7 Å². The van der Waals surface area contributed by atoms with Gasteiger partial charge in [-0.2, -0.15) is 0 Å². The number of aldehydes is 1. The van der Waals surface area contributed by atoms with E-state index in [0.717, 1.165) is 201 Å². The lowest BCUT2D eigenvalue weighted by Gasteiger charge is -2.14. The summed E-state index contributed by atoms with van der Waals surface area (Å²) < 4.78 is 4.86. The number of aliphatic hydroxyl groups excluding tert-OH is 2. The zero-order chi connectivity index (χ0) is 117. The quantitative estimate of drug-likeness (QED) is 0.0118. The van der Waals surface area contributed by atoms with E-state index in [0.29, 0.717) is 74.0 Å². The average molecular weight is 2080 g/mol. The van der Waals surface area contributed by atoms with Gasteiger partial charge in [-0.25, -0.2) is 0 Å². The molecule has 145 heavy (non-hydrogen) atoms. The molecule has 0 aliphatic heterocycles. The lowest BCUT2D eigenvalue weighted by molar-refractivity contribution is -0.119. The summed E-state index contributed by atoms with van der Waals surface area (Å²) in [5, 5.41) is 32.6. The third kappa shape index (κ3) is 426. The van der Waals surface area contributed by atoms with Gasteiger partial charge in [0.2, 0.25) is 5.91 Å². The molecule has 0 aromatic rings. The van der Waals surface area contributed by atoms with E-state index in [1.165, 1.54) is 103 Å². The largest absolute Gasteiger partial charge is 0.396 e. The number of allylic oxidation sites excluding steroid dienone is 1. The third-order valence-corrected chi connectivity index (χ3v) is 17.9. The number of hydrogen-bond donors (Lipinski definition) is 10. The minimum absolute atomic E-state index is 0. The molecule has 1 atom stereocenters. The van der Waals surface area contributed by atoms with Crippen LogP contribution in [0.5, 0.6) is 0 Å². The highest BCUT2D eigenvalue weighted by Crippen LogP contribution is 2.19. The summed E-state index contributed by atoms with van der Waals surface area (Å²) >= 11 is 0. The van der Waals surface area contributed by atoms with Crippen LogP contribution in [-0.4, -0.2) is 165 Å².